The van der Waals surface area contributed by atoms with Crippen LogP contribution in [0.2, 0.25) is 0 Å². The van der Waals surface area contributed by atoms with Crippen molar-refractivity contribution in [3.05, 3.63) is 35.6 Å². The van der Waals surface area contributed by atoms with Gasteiger partial charge in [0.2, 0.25) is 10.0 Å². The van der Waals surface area contributed by atoms with Crippen molar-refractivity contribution in [3.8, 4) is 0 Å². The second-order valence-corrected chi connectivity index (χ2v) is 7.22. The van der Waals surface area contributed by atoms with Crippen LogP contribution < -0.4 is 5.32 Å². The molecule has 19 heavy (non-hydrogen) atoms. The zero-order valence-corrected chi connectivity index (χ0v) is 11.8. The van der Waals surface area contributed by atoms with Crippen molar-refractivity contribution in [2.75, 3.05) is 20.1 Å². The molecular weight excluding hydrogens is 267 g/mol. The van der Waals surface area contributed by atoms with Crippen LogP contribution in [-0.2, 0) is 16.6 Å². The molecule has 1 aliphatic heterocycles. The van der Waals surface area contributed by atoms with Gasteiger partial charge in [0.15, 0.2) is 0 Å². The highest BCUT2D eigenvalue weighted by Crippen LogP contribution is 2.17. The highest BCUT2D eigenvalue weighted by molar-refractivity contribution is 7.89. The van der Waals surface area contributed by atoms with Gasteiger partial charge in [0.05, 0.1) is 5.25 Å². The van der Waals surface area contributed by atoms with E-state index in [4.69, 9.17) is 0 Å². The van der Waals surface area contributed by atoms with Crippen LogP contribution in [0.3, 0.4) is 0 Å². The van der Waals surface area contributed by atoms with Gasteiger partial charge in [-0.2, -0.15) is 0 Å². The molecule has 1 aromatic rings. The summed E-state index contributed by atoms with van der Waals surface area (Å²) in [7, 11) is -1.77. The second kappa shape index (κ2) is 5.98. The Morgan fingerprint density at radius 3 is 2.89 bits per heavy atom. The Bertz CT molecular complexity index is 527. The average molecular weight is 286 g/mol. The Hall–Kier alpha value is -0.980. The van der Waals surface area contributed by atoms with Crippen LogP contribution in [0.5, 0.6) is 0 Å². The first-order valence-corrected chi connectivity index (χ1v) is 7.91. The molecule has 1 heterocycles. The van der Waals surface area contributed by atoms with E-state index in [9.17, 15) is 12.8 Å². The lowest BCUT2D eigenvalue weighted by Crippen LogP contribution is -2.44. The van der Waals surface area contributed by atoms with E-state index in [0.717, 1.165) is 13.0 Å². The van der Waals surface area contributed by atoms with Crippen LogP contribution in [0.4, 0.5) is 4.39 Å². The van der Waals surface area contributed by atoms with Gasteiger partial charge < -0.3 is 5.32 Å². The molecule has 6 heteroatoms. The van der Waals surface area contributed by atoms with Crippen molar-refractivity contribution in [2.45, 2.75) is 24.6 Å². The first-order valence-electron chi connectivity index (χ1n) is 6.40. The number of hydrogen-bond acceptors (Lipinski definition) is 3. The van der Waals surface area contributed by atoms with Gasteiger partial charge in [-0.3, -0.25) is 0 Å². The van der Waals surface area contributed by atoms with Crippen molar-refractivity contribution in [1.29, 1.82) is 0 Å². The molecule has 1 aromatic carbocycles. The Morgan fingerprint density at radius 2 is 2.26 bits per heavy atom. The summed E-state index contributed by atoms with van der Waals surface area (Å²) in [6.07, 6.45) is 1.56. The Labute approximate surface area is 113 Å². The topological polar surface area (TPSA) is 49.4 Å². The molecule has 1 fully saturated rings. The van der Waals surface area contributed by atoms with Crippen molar-refractivity contribution in [3.63, 3.8) is 0 Å². The summed E-state index contributed by atoms with van der Waals surface area (Å²) in [5.74, 6) is -0.345. The number of rotatable bonds is 4. The number of piperidine rings is 1. The standard InChI is InChI=1S/C13H19FN2O2S/c1-16(10-11-4-2-5-12(14)8-11)19(17,18)13-6-3-7-15-9-13/h2,4-5,8,13,15H,3,6-7,9-10H2,1H3. The van der Waals surface area contributed by atoms with Gasteiger partial charge in [0, 0.05) is 20.1 Å². The normalized spacial score (nSPS) is 20.7. The number of nitrogens with zero attached hydrogens (tertiary/aromatic N) is 1. The molecule has 0 aliphatic carbocycles. The quantitative estimate of drug-likeness (QED) is 0.908. The zero-order chi connectivity index (χ0) is 13.9. The molecule has 0 bridgehead atoms. The van der Waals surface area contributed by atoms with Gasteiger partial charge in [-0.1, -0.05) is 12.1 Å². The predicted molar refractivity (Wildman–Crippen MR) is 72.7 cm³/mol. The third kappa shape index (κ3) is 3.52. The monoisotopic (exact) mass is 286 g/mol. The summed E-state index contributed by atoms with van der Waals surface area (Å²) in [6, 6.07) is 6.04. The first-order chi connectivity index (χ1) is 9.00. The Balaban J connectivity index is 2.07. The molecule has 1 saturated heterocycles. The second-order valence-electron chi connectivity index (χ2n) is 4.90. The average Bonchev–Trinajstić information content (AvgIpc) is 2.39. The van der Waals surface area contributed by atoms with Gasteiger partial charge in [0.1, 0.15) is 5.82 Å². The molecule has 0 spiro atoms. The molecule has 1 N–H and O–H groups in total. The summed E-state index contributed by atoms with van der Waals surface area (Å²) in [4.78, 5) is 0. The minimum absolute atomic E-state index is 0.205. The lowest BCUT2D eigenvalue weighted by atomic mass is 10.2. The fraction of sp³-hybridized carbons (Fsp3) is 0.538. The lowest BCUT2D eigenvalue weighted by Gasteiger charge is -2.27. The van der Waals surface area contributed by atoms with Gasteiger partial charge in [0.25, 0.3) is 0 Å². The number of halogens is 1. The van der Waals surface area contributed by atoms with E-state index in [2.05, 4.69) is 5.32 Å². The molecule has 4 nitrogen and oxygen atoms in total. The summed E-state index contributed by atoms with van der Waals surface area (Å²) >= 11 is 0. The zero-order valence-electron chi connectivity index (χ0n) is 11.0. The van der Waals surface area contributed by atoms with Crippen LogP contribution in [0.15, 0.2) is 24.3 Å². The lowest BCUT2D eigenvalue weighted by molar-refractivity contribution is 0.428. The summed E-state index contributed by atoms with van der Waals surface area (Å²) in [6.45, 7) is 1.58. The highest BCUT2D eigenvalue weighted by Gasteiger charge is 2.30. The van der Waals surface area contributed by atoms with Gasteiger partial charge in [-0.25, -0.2) is 17.1 Å². The van der Waals surface area contributed by atoms with Crippen molar-refractivity contribution < 1.29 is 12.8 Å². The number of sulfonamides is 1. The number of nitrogens with one attached hydrogen (secondary N) is 1. The van der Waals surface area contributed by atoms with Gasteiger partial charge in [-0.15, -0.1) is 0 Å². The number of hydrogen-bond donors (Lipinski definition) is 1. The molecule has 0 amide bonds. The predicted octanol–water partition coefficient (Wildman–Crippen LogP) is 1.34. The fourth-order valence-corrected chi connectivity index (χ4v) is 3.94. The molecule has 1 unspecified atom stereocenters. The van der Waals surface area contributed by atoms with Gasteiger partial charge >= 0.3 is 0 Å². The maximum Gasteiger partial charge on any atom is 0.218 e. The minimum Gasteiger partial charge on any atom is -0.315 e. The van der Waals surface area contributed by atoms with Crippen molar-refractivity contribution in [1.82, 2.24) is 9.62 Å². The third-order valence-electron chi connectivity index (χ3n) is 3.40. The molecule has 1 aliphatic rings. The maximum absolute atomic E-state index is 13.1. The molecule has 106 valence electrons. The fourth-order valence-electron chi connectivity index (χ4n) is 2.31. The molecular formula is C13H19FN2O2S. The van der Waals surface area contributed by atoms with Crippen LogP contribution >= 0.6 is 0 Å². The van der Waals surface area contributed by atoms with E-state index < -0.39 is 10.0 Å². The molecule has 2 rings (SSSR count). The van der Waals surface area contributed by atoms with Crippen molar-refractivity contribution >= 4 is 10.0 Å². The summed E-state index contributed by atoms with van der Waals surface area (Å²) in [5, 5.41) is 2.73. The largest absolute Gasteiger partial charge is 0.315 e. The van der Waals surface area contributed by atoms with E-state index >= 15 is 0 Å². The van der Waals surface area contributed by atoms with E-state index in [0.29, 0.717) is 18.5 Å². The van der Waals surface area contributed by atoms with Crippen LogP contribution in [0.25, 0.3) is 0 Å². The van der Waals surface area contributed by atoms with E-state index in [-0.39, 0.29) is 17.6 Å². The molecule has 1 atom stereocenters. The maximum atomic E-state index is 13.1. The van der Waals surface area contributed by atoms with Crippen LogP contribution in [0.1, 0.15) is 18.4 Å². The third-order valence-corrected chi connectivity index (χ3v) is 5.64. The van der Waals surface area contributed by atoms with Crippen molar-refractivity contribution in [2.24, 2.45) is 0 Å². The van der Waals surface area contributed by atoms with Gasteiger partial charge in [-0.05, 0) is 37.1 Å². The first kappa shape index (κ1) is 14.4. The summed E-state index contributed by atoms with van der Waals surface area (Å²) < 4.78 is 39.1. The van der Waals surface area contributed by atoms with Crippen LogP contribution in [-0.4, -0.2) is 38.1 Å². The SMILES string of the molecule is CN(Cc1cccc(F)c1)S(=O)(=O)C1CCCNC1. The highest BCUT2D eigenvalue weighted by atomic mass is 32.2. The molecule has 0 aromatic heterocycles. The van der Waals surface area contributed by atoms with E-state index in [1.807, 2.05) is 0 Å². The van der Waals surface area contributed by atoms with Crippen LogP contribution in [0, 0.1) is 5.82 Å². The summed E-state index contributed by atoms with van der Waals surface area (Å²) in [5.41, 5.74) is 0.662. The number of benzene rings is 1. The Kier molecular flexibility index (Phi) is 4.54. The smallest absolute Gasteiger partial charge is 0.218 e. The minimum atomic E-state index is -3.32. The Morgan fingerprint density at radius 1 is 1.47 bits per heavy atom. The van der Waals surface area contributed by atoms with E-state index in [1.165, 1.54) is 16.4 Å². The molecule has 0 saturated carbocycles. The van der Waals surface area contributed by atoms with E-state index in [1.54, 1.807) is 19.2 Å². The molecule has 0 radical (unpaired) electrons.